The molecule has 4 bridgehead atoms. The van der Waals surface area contributed by atoms with Gasteiger partial charge in [0.2, 0.25) is 0 Å². The Morgan fingerprint density at radius 2 is 1.03 bits per heavy atom. The molecule has 4 aromatic rings. The maximum Gasteiger partial charge on any atom is 0.128 e. The van der Waals surface area contributed by atoms with Crippen molar-refractivity contribution in [1.29, 1.82) is 0 Å². The molecule has 0 spiro atoms. The number of halogens is 5. The van der Waals surface area contributed by atoms with E-state index in [-0.39, 0.29) is 0 Å². The predicted octanol–water partition coefficient (Wildman–Crippen LogP) is 11.4. The number of hydrogen-bond donors (Lipinski definition) is 0. The molecule has 0 saturated heterocycles. The number of ether oxygens (including phenoxy) is 1. The lowest BCUT2D eigenvalue weighted by Crippen LogP contribution is -2.47. The SMILES string of the molecule is Brc1cc(OCC2C3CC4CC(C3)CC2C4)c2c(c1)c1cc(Br)c(Br)cc1c1cc(Br)c(Br)cc12. The second-order valence-electron chi connectivity index (χ2n) is 10.9. The van der Waals surface area contributed by atoms with Crippen LogP contribution in [0.1, 0.15) is 32.1 Å². The maximum atomic E-state index is 6.83. The van der Waals surface area contributed by atoms with E-state index in [0.717, 1.165) is 58.4 Å². The predicted molar refractivity (Wildman–Crippen MR) is 163 cm³/mol. The molecule has 4 aromatic carbocycles. The van der Waals surface area contributed by atoms with Crippen LogP contribution in [0.3, 0.4) is 0 Å². The van der Waals surface area contributed by atoms with Gasteiger partial charge in [-0.15, -0.1) is 0 Å². The summed E-state index contributed by atoms with van der Waals surface area (Å²) in [7, 11) is 0. The Bertz CT molecular complexity index is 1460. The molecule has 0 N–H and O–H groups in total. The third kappa shape index (κ3) is 3.99. The fraction of sp³-hybridized carbons (Fsp3) is 0.379. The smallest absolute Gasteiger partial charge is 0.128 e. The zero-order valence-corrected chi connectivity index (χ0v) is 26.8. The van der Waals surface area contributed by atoms with Gasteiger partial charge < -0.3 is 4.74 Å². The van der Waals surface area contributed by atoms with Crippen LogP contribution in [-0.2, 0) is 0 Å². The van der Waals surface area contributed by atoms with E-state index in [4.69, 9.17) is 4.74 Å². The molecular formula is C29H23Br5O. The van der Waals surface area contributed by atoms with Crippen molar-refractivity contribution in [3.05, 3.63) is 58.8 Å². The fourth-order valence-corrected chi connectivity index (χ4v) is 9.46. The van der Waals surface area contributed by atoms with Gasteiger partial charge in [-0.05, 0) is 189 Å². The first-order valence-corrected chi connectivity index (χ1v) is 16.3. The highest BCUT2D eigenvalue weighted by Gasteiger charge is 2.48. The van der Waals surface area contributed by atoms with E-state index in [1.165, 1.54) is 64.4 Å². The van der Waals surface area contributed by atoms with Crippen molar-refractivity contribution in [3.63, 3.8) is 0 Å². The van der Waals surface area contributed by atoms with E-state index in [2.05, 4.69) is 116 Å². The van der Waals surface area contributed by atoms with Crippen LogP contribution in [0, 0.1) is 29.6 Å². The van der Waals surface area contributed by atoms with Crippen LogP contribution < -0.4 is 4.74 Å². The van der Waals surface area contributed by atoms with Gasteiger partial charge in [0.05, 0.1) is 6.61 Å². The standard InChI is InChI=1S/C29H23Br5O/c30-17-6-21-19-9-25(32)24(31)8-18(19)20-10-26(33)27(34)11-22(20)29(21)28(7-17)35-12-23-15-2-13-1-14(4-15)5-16(23)3-13/h6-11,13-16,23H,1-5,12H2. The molecule has 35 heavy (non-hydrogen) atoms. The normalized spacial score (nSPS) is 27.4. The maximum absolute atomic E-state index is 6.83. The van der Waals surface area contributed by atoms with Gasteiger partial charge in [-0.1, -0.05) is 15.9 Å². The molecule has 8 rings (SSSR count). The summed E-state index contributed by atoms with van der Waals surface area (Å²) in [6.45, 7) is 0.835. The van der Waals surface area contributed by atoms with Crippen LogP contribution >= 0.6 is 79.6 Å². The van der Waals surface area contributed by atoms with Crippen molar-refractivity contribution in [1.82, 2.24) is 0 Å². The molecule has 0 radical (unpaired) electrons. The summed E-state index contributed by atoms with van der Waals surface area (Å²) in [6.07, 6.45) is 7.21. The molecule has 0 atom stereocenters. The molecule has 1 nitrogen and oxygen atoms in total. The summed E-state index contributed by atoms with van der Waals surface area (Å²) in [4.78, 5) is 0. The lowest BCUT2D eigenvalue weighted by Gasteiger charge is -2.54. The average Bonchev–Trinajstić information content (AvgIpc) is 2.80. The van der Waals surface area contributed by atoms with E-state index in [9.17, 15) is 0 Å². The molecule has 6 heteroatoms. The number of hydrogen-bond acceptors (Lipinski definition) is 1. The molecule has 0 amide bonds. The van der Waals surface area contributed by atoms with Crippen molar-refractivity contribution >= 4 is 112 Å². The molecule has 4 fully saturated rings. The highest BCUT2D eigenvalue weighted by atomic mass is 79.9. The van der Waals surface area contributed by atoms with E-state index >= 15 is 0 Å². The Hall–Kier alpha value is -0.140. The third-order valence-corrected chi connectivity index (χ3v) is 13.0. The fourth-order valence-electron chi connectivity index (χ4n) is 7.65. The van der Waals surface area contributed by atoms with Gasteiger partial charge in [-0.25, -0.2) is 0 Å². The molecule has 0 heterocycles. The lowest BCUT2D eigenvalue weighted by atomic mass is 9.52. The molecular weight excluding hydrogens is 764 g/mol. The highest BCUT2D eigenvalue weighted by Crippen LogP contribution is 2.56. The van der Waals surface area contributed by atoms with Gasteiger partial charge in [0.15, 0.2) is 0 Å². The van der Waals surface area contributed by atoms with Crippen LogP contribution in [0.4, 0.5) is 0 Å². The quantitative estimate of drug-likeness (QED) is 0.188. The number of benzene rings is 4. The van der Waals surface area contributed by atoms with Crippen LogP contribution in [-0.4, -0.2) is 6.61 Å². The largest absolute Gasteiger partial charge is 0.493 e. The molecule has 0 unspecified atom stereocenters. The van der Waals surface area contributed by atoms with Gasteiger partial charge in [-0.2, -0.15) is 0 Å². The summed E-state index contributed by atoms with van der Waals surface area (Å²) in [5, 5.41) is 7.28. The second kappa shape index (κ2) is 8.97. The Morgan fingerprint density at radius 1 is 0.571 bits per heavy atom. The van der Waals surface area contributed by atoms with Gasteiger partial charge in [0, 0.05) is 27.7 Å². The first kappa shape index (κ1) is 23.9. The summed E-state index contributed by atoms with van der Waals surface area (Å²) in [5.74, 6) is 5.40. The van der Waals surface area contributed by atoms with Crippen LogP contribution in [0.15, 0.2) is 58.8 Å². The van der Waals surface area contributed by atoms with Gasteiger partial charge >= 0.3 is 0 Å². The lowest BCUT2D eigenvalue weighted by molar-refractivity contribution is -0.0527. The first-order chi connectivity index (χ1) is 16.9. The molecule has 4 saturated carbocycles. The van der Waals surface area contributed by atoms with E-state index < -0.39 is 0 Å². The Morgan fingerprint density at radius 3 is 1.57 bits per heavy atom. The van der Waals surface area contributed by atoms with Crippen LogP contribution in [0.5, 0.6) is 5.75 Å². The van der Waals surface area contributed by atoms with Crippen LogP contribution in [0.2, 0.25) is 0 Å². The van der Waals surface area contributed by atoms with Gasteiger partial charge in [0.1, 0.15) is 5.75 Å². The third-order valence-electron chi connectivity index (χ3n) is 8.89. The van der Waals surface area contributed by atoms with Crippen molar-refractivity contribution in [2.45, 2.75) is 32.1 Å². The van der Waals surface area contributed by atoms with Crippen LogP contribution in [0.25, 0.3) is 32.3 Å². The summed E-state index contributed by atoms with van der Waals surface area (Å²) >= 11 is 18.8. The molecule has 4 aliphatic rings. The minimum atomic E-state index is 0.703. The summed E-state index contributed by atoms with van der Waals surface area (Å²) in [5.41, 5.74) is 0. The zero-order valence-electron chi connectivity index (χ0n) is 18.9. The topological polar surface area (TPSA) is 9.23 Å². The Kier molecular flexibility index (Phi) is 6.13. The van der Waals surface area contributed by atoms with Gasteiger partial charge in [0.25, 0.3) is 0 Å². The van der Waals surface area contributed by atoms with E-state index in [1.54, 1.807) is 0 Å². The van der Waals surface area contributed by atoms with Crippen molar-refractivity contribution in [3.8, 4) is 5.75 Å². The Labute approximate surface area is 247 Å². The average molecular weight is 787 g/mol. The first-order valence-electron chi connectivity index (χ1n) is 12.3. The van der Waals surface area contributed by atoms with E-state index in [1.807, 2.05) is 0 Å². The molecule has 4 aliphatic carbocycles. The van der Waals surface area contributed by atoms with Crippen molar-refractivity contribution in [2.24, 2.45) is 29.6 Å². The van der Waals surface area contributed by atoms with Gasteiger partial charge in [-0.3, -0.25) is 0 Å². The number of rotatable bonds is 3. The molecule has 0 aromatic heterocycles. The van der Waals surface area contributed by atoms with E-state index in [0.29, 0.717) is 5.92 Å². The minimum Gasteiger partial charge on any atom is -0.493 e. The number of fused-ring (bicyclic) bond motifs is 6. The van der Waals surface area contributed by atoms with Crippen molar-refractivity contribution in [2.75, 3.05) is 6.61 Å². The minimum absolute atomic E-state index is 0.703. The van der Waals surface area contributed by atoms with Crippen molar-refractivity contribution < 1.29 is 4.74 Å². The summed E-state index contributed by atoms with van der Waals surface area (Å²) < 4.78 is 12.1. The summed E-state index contributed by atoms with van der Waals surface area (Å²) in [6, 6.07) is 13.3. The molecule has 0 aliphatic heterocycles. The monoisotopic (exact) mass is 782 g/mol. The molecule has 180 valence electrons. The second-order valence-corrected chi connectivity index (χ2v) is 15.2. The Balaban J connectivity index is 1.41. The zero-order chi connectivity index (χ0) is 24.0. The highest BCUT2D eigenvalue weighted by molar-refractivity contribution is 9.13.